The zero-order chi connectivity index (χ0) is 26.0. The van der Waals surface area contributed by atoms with Crippen molar-refractivity contribution in [1.29, 1.82) is 0 Å². The molecule has 0 saturated carbocycles. The van der Waals surface area contributed by atoms with Gasteiger partial charge in [-0.1, -0.05) is 6.07 Å². The van der Waals surface area contributed by atoms with Gasteiger partial charge in [-0.05, 0) is 57.2 Å². The van der Waals surface area contributed by atoms with Crippen LogP contribution in [0, 0.1) is 5.82 Å². The van der Waals surface area contributed by atoms with Crippen molar-refractivity contribution in [2.75, 3.05) is 31.5 Å². The van der Waals surface area contributed by atoms with Gasteiger partial charge in [-0.15, -0.1) is 0 Å². The number of H-pyrrole nitrogens is 1. The Bertz CT molecular complexity index is 1320. The molecular weight excluding hydrogens is 467 g/mol. The molecule has 3 aromatic rings. The fourth-order valence-corrected chi connectivity index (χ4v) is 3.99. The van der Waals surface area contributed by atoms with Gasteiger partial charge in [0.2, 0.25) is 0 Å². The number of piperazine rings is 1. The van der Waals surface area contributed by atoms with E-state index in [9.17, 15) is 23.6 Å². The molecule has 1 fully saturated rings. The molecule has 36 heavy (non-hydrogen) atoms. The summed E-state index contributed by atoms with van der Waals surface area (Å²) >= 11 is 0. The number of benzene rings is 2. The number of rotatable bonds is 4. The molecule has 2 aromatic carbocycles. The average molecular weight is 495 g/mol. The fraction of sp³-hybridized carbons (Fsp3) is 0.308. The Morgan fingerprint density at radius 1 is 0.944 bits per heavy atom. The minimum Gasteiger partial charge on any atom is -0.444 e. The topological polar surface area (TPSA) is 112 Å². The SMILES string of the molecule is CC(C)(C)OC(=O)Nc1ccc(C(=O)N2CCN(C(=O)C(=O)c3c[nH]c4cccc(F)c34)CC2)cc1. The number of nitrogens with one attached hydrogen (secondary N) is 2. The summed E-state index contributed by atoms with van der Waals surface area (Å²) < 4.78 is 19.4. The lowest BCUT2D eigenvalue weighted by Gasteiger charge is -2.34. The molecule has 2 N–H and O–H groups in total. The van der Waals surface area contributed by atoms with E-state index in [0.29, 0.717) is 16.8 Å². The minimum absolute atomic E-state index is 0.00770. The Morgan fingerprint density at radius 2 is 1.58 bits per heavy atom. The lowest BCUT2D eigenvalue weighted by molar-refractivity contribution is -0.127. The van der Waals surface area contributed by atoms with Crippen LogP contribution in [0.5, 0.6) is 0 Å². The van der Waals surface area contributed by atoms with Crippen molar-refractivity contribution >= 4 is 40.3 Å². The molecule has 188 valence electrons. The van der Waals surface area contributed by atoms with E-state index in [0.717, 1.165) is 0 Å². The number of anilines is 1. The predicted octanol–water partition coefficient (Wildman–Crippen LogP) is 3.82. The van der Waals surface area contributed by atoms with Crippen molar-refractivity contribution in [3.05, 3.63) is 65.6 Å². The summed E-state index contributed by atoms with van der Waals surface area (Å²) in [6.07, 6.45) is 0.752. The zero-order valence-electron chi connectivity index (χ0n) is 20.3. The molecule has 1 saturated heterocycles. The number of hydrogen-bond donors (Lipinski definition) is 2. The number of amides is 3. The first kappa shape index (κ1) is 24.9. The first-order valence-corrected chi connectivity index (χ1v) is 11.5. The van der Waals surface area contributed by atoms with E-state index < -0.39 is 29.2 Å². The van der Waals surface area contributed by atoms with Gasteiger partial charge in [0.05, 0.1) is 5.56 Å². The molecule has 0 unspecified atom stereocenters. The van der Waals surface area contributed by atoms with Crippen LogP contribution < -0.4 is 5.32 Å². The molecule has 10 heteroatoms. The van der Waals surface area contributed by atoms with Crippen molar-refractivity contribution < 1.29 is 28.3 Å². The highest BCUT2D eigenvalue weighted by Crippen LogP contribution is 2.23. The van der Waals surface area contributed by atoms with Gasteiger partial charge in [0, 0.05) is 54.5 Å². The summed E-state index contributed by atoms with van der Waals surface area (Å²) in [5.41, 5.74) is 0.721. The van der Waals surface area contributed by atoms with E-state index >= 15 is 0 Å². The summed E-state index contributed by atoms with van der Waals surface area (Å²) in [7, 11) is 0. The van der Waals surface area contributed by atoms with Crippen molar-refractivity contribution in [3.8, 4) is 0 Å². The number of halogens is 1. The first-order chi connectivity index (χ1) is 17.0. The maximum Gasteiger partial charge on any atom is 0.412 e. The van der Waals surface area contributed by atoms with Crippen LogP contribution in [-0.4, -0.2) is 70.3 Å². The number of Topliss-reactive ketones (excluding diaryl/α,β-unsaturated/α-hetero) is 1. The third kappa shape index (κ3) is 5.37. The van der Waals surface area contributed by atoms with E-state index in [-0.39, 0.29) is 43.0 Å². The molecule has 1 aliphatic rings. The van der Waals surface area contributed by atoms with E-state index in [1.54, 1.807) is 56.0 Å². The first-order valence-electron chi connectivity index (χ1n) is 11.5. The Morgan fingerprint density at radius 3 is 2.22 bits per heavy atom. The molecule has 2 heterocycles. The quantitative estimate of drug-likeness (QED) is 0.423. The van der Waals surface area contributed by atoms with Crippen LogP contribution in [0.3, 0.4) is 0 Å². The lowest BCUT2D eigenvalue weighted by Crippen LogP contribution is -2.52. The van der Waals surface area contributed by atoms with Crippen LogP contribution in [0.25, 0.3) is 10.9 Å². The van der Waals surface area contributed by atoms with E-state index in [4.69, 9.17) is 4.74 Å². The van der Waals surface area contributed by atoms with Crippen molar-refractivity contribution in [2.24, 2.45) is 0 Å². The third-order valence-corrected chi connectivity index (χ3v) is 5.73. The molecule has 0 atom stereocenters. The Labute approximate surface area is 207 Å². The van der Waals surface area contributed by atoms with Gasteiger partial charge in [0.15, 0.2) is 0 Å². The number of ketones is 1. The number of carbonyl (C=O) groups excluding carboxylic acids is 4. The van der Waals surface area contributed by atoms with Crippen LogP contribution in [0.1, 0.15) is 41.5 Å². The van der Waals surface area contributed by atoms with Crippen LogP contribution in [0.4, 0.5) is 14.9 Å². The molecule has 9 nitrogen and oxygen atoms in total. The summed E-state index contributed by atoms with van der Waals surface area (Å²) in [5, 5.41) is 2.70. The maximum absolute atomic E-state index is 14.2. The van der Waals surface area contributed by atoms with E-state index in [2.05, 4.69) is 10.3 Å². The molecule has 0 spiro atoms. The number of aromatic amines is 1. The van der Waals surface area contributed by atoms with Gasteiger partial charge in [-0.2, -0.15) is 0 Å². The summed E-state index contributed by atoms with van der Waals surface area (Å²) in [6.45, 7) is 6.15. The number of nitrogens with zero attached hydrogens (tertiary/aromatic N) is 2. The van der Waals surface area contributed by atoms with Crippen molar-refractivity contribution in [2.45, 2.75) is 26.4 Å². The van der Waals surface area contributed by atoms with E-state index in [1.807, 2.05) is 0 Å². The van der Waals surface area contributed by atoms with Crippen LogP contribution in [0.15, 0.2) is 48.7 Å². The van der Waals surface area contributed by atoms with Gasteiger partial charge < -0.3 is 19.5 Å². The fourth-order valence-electron chi connectivity index (χ4n) is 3.99. The van der Waals surface area contributed by atoms with E-state index in [1.165, 1.54) is 23.2 Å². The predicted molar refractivity (Wildman–Crippen MR) is 131 cm³/mol. The Kier molecular flexibility index (Phi) is 6.78. The molecular formula is C26H27FN4O5. The summed E-state index contributed by atoms with van der Waals surface area (Å²) in [5.74, 6) is -2.33. The van der Waals surface area contributed by atoms with Gasteiger partial charge >= 0.3 is 6.09 Å². The van der Waals surface area contributed by atoms with Crippen molar-refractivity contribution in [1.82, 2.24) is 14.8 Å². The number of aromatic nitrogens is 1. The Balaban J connectivity index is 1.34. The monoisotopic (exact) mass is 494 g/mol. The van der Waals surface area contributed by atoms with Crippen LogP contribution >= 0.6 is 0 Å². The highest BCUT2D eigenvalue weighted by atomic mass is 19.1. The Hall–Kier alpha value is -4.21. The normalized spacial score (nSPS) is 14.0. The molecule has 4 rings (SSSR count). The molecule has 0 radical (unpaired) electrons. The number of fused-ring (bicyclic) bond motifs is 1. The summed E-state index contributed by atoms with van der Waals surface area (Å²) in [4.78, 5) is 56.2. The molecule has 0 aliphatic carbocycles. The second-order valence-electron chi connectivity index (χ2n) is 9.48. The molecule has 0 bridgehead atoms. The smallest absolute Gasteiger partial charge is 0.412 e. The second kappa shape index (κ2) is 9.80. The molecule has 1 aliphatic heterocycles. The molecule has 1 aromatic heterocycles. The van der Waals surface area contributed by atoms with Gasteiger partial charge in [0.25, 0.3) is 17.6 Å². The summed E-state index contributed by atoms with van der Waals surface area (Å²) in [6, 6.07) is 10.8. The van der Waals surface area contributed by atoms with Gasteiger partial charge in [-0.3, -0.25) is 19.7 Å². The highest BCUT2D eigenvalue weighted by Gasteiger charge is 2.30. The second-order valence-corrected chi connectivity index (χ2v) is 9.48. The highest BCUT2D eigenvalue weighted by molar-refractivity contribution is 6.44. The number of hydrogen-bond acceptors (Lipinski definition) is 5. The number of ether oxygens (including phenoxy) is 1. The van der Waals surface area contributed by atoms with Crippen molar-refractivity contribution in [3.63, 3.8) is 0 Å². The maximum atomic E-state index is 14.2. The van der Waals surface area contributed by atoms with Gasteiger partial charge in [0.1, 0.15) is 11.4 Å². The van der Waals surface area contributed by atoms with Crippen LogP contribution in [0.2, 0.25) is 0 Å². The third-order valence-electron chi connectivity index (χ3n) is 5.73. The number of carbonyl (C=O) groups is 4. The lowest BCUT2D eigenvalue weighted by atomic mass is 10.1. The largest absolute Gasteiger partial charge is 0.444 e. The standard InChI is InChI=1S/C26H27FN4O5/c1-26(2,3)36-25(35)29-17-9-7-16(8-10-17)23(33)30-11-13-31(14-12-30)24(34)22(32)18-15-28-20-6-4-5-19(27)21(18)20/h4-10,15,28H,11-14H2,1-3H3,(H,29,35). The zero-order valence-corrected chi connectivity index (χ0v) is 20.3. The molecule has 3 amide bonds. The average Bonchev–Trinajstić information content (AvgIpc) is 3.28. The van der Waals surface area contributed by atoms with Gasteiger partial charge in [-0.25, -0.2) is 9.18 Å². The minimum atomic E-state index is -0.792. The van der Waals surface area contributed by atoms with Crippen LogP contribution in [-0.2, 0) is 9.53 Å².